The first-order valence-corrected chi connectivity index (χ1v) is 12.4. The van der Waals surface area contributed by atoms with Crippen LogP contribution in [0, 0.1) is 5.41 Å². The van der Waals surface area contributed by atoms with E-state index in [2.05, 4.69) is 72.3 Å². The van der Waals surface area contributed by atoms with Crippen molar-refractivity contribution in [2.45, 2.75) is 52.7 Å². The average molecular weight is 480 g/mol. The van der Waals surface area contributed by atoms with Gasteiger partial charge in [-0.15, -0.1) is 0 Å². The van der Waals surface area contributed by atoms with Gasteiger partial charge in [0.05, 0.1) is 0 Å². The van der Waals surface area contributed by atoms with Crippen LogP contribution in [-0.2, 0) is 11.3 Å². The summed E-state index contributed by atoms with van der Waals surface area (Å²) < 4.78 is 0. The molecule has 4 rings (SSSR count). The molecule has 0 spiro atoms. The summed E-state index contributed by atoms with van der Waals surface area (Å²) in [5, 5.41) is 11.3. The van der Waals surface area contributed by atoms with Gasteiger partial charge < -0.3 is 20.9 Å². The molecule has 0 saturated carbocycles. The molecule has 8 nitrogen and oxygen atoms in total. The van der Waals surface area contributed by atoms with Crippen LogP contribution in [0.3, 0.4) is 0 Å². The number of aromatic nitrogens is 3. The Hall–Kier alpha value is -3.04. The quantitative estimate of drug-likeness (QED) is 0.408. The molecule has 0 unspecified atom stereocenters. The topological polar surface area (TPSA) is 95.1 Å². The van der Waals surface area contributed by atoms with Crippen molar-refractivity contribution in [3.63, 3.8) is 0 Å². The highest BCUT2D eigenvalue weighted by Crippen LogP contribution is 2.28. The molecule has 1 aliphatic rings. The fourth-order valence-electron chi connectivity index (χ4n) is 3.75. The number of hydrogen-bond donors (Lipinski definition) is 3. The van der Waals surface area contributed by atoms with E-state index in [4.69, 9.17) is 4.98 Å². The van der Waals surface area contributed by atoms with Crippen molar-refractivity contribution in [2.75, 3.05) is 23.7 Å². The normalized spacial score (nSPS) is 17.1. The number of amides is 1. The highest BCUT2D eigenvalue weighted by atomic mass is 32.1. The molecular weight excluding hydrogens is 446 g/mol. The first-order chi connectivity index (χ1) is 16.2. The molecule has 0 aliphatic carbocycles. The SMILES string of the molecule is C=CC(=O)N1CC[C@H](Nc2cc(CN[C@@H](C)C(C)(C)C)cc(Nc3nc4cccnc4s3)n2)C1. The Bertz CT molecular complexity index is 1140. The zero-order valence-corrected chi connectivity index (χ0v) is 21.1. The molecule has 3 aromatic heterocycles. The van der Waals surface area contributed by atoms with Gasteiger partial charge in [0.2, 0.25) is 5.91 Å². The summed E-state index contributed by atoms with van der Waals surface area (Å²) in [7, 11) is 0. The highest BCUT2D eigenvalue weighted by molar-refractivity contribution is 7.21. The number of hydrogen-bond acceptors (Lipinski definition) is 8. The summed E-state index contributed by atoms with van der Waals surface area (Å²) in [5.41, 5.74) is 2.14. The lowest BCUT2D eigenvalue weighted by atomic mass is 9.88. The zero-order valence-electron chi connectivity index (χ0n) is 20.3. The fourth-order valence-corrected chi connectivity index (χ4v) is 4.57. The molecular formula is C25H33N7OS. The van der Waals surface area contributed by atoms with Gasteiger partial charge in [0.25, 0.3) is 0 Å². The molecule has 3 N–H and O–H groups in total. The largest absolute Gasteiger partial charge is 0.365 e. The van der Waals surface area contributed by atoms with Crippen molar-refractivity contribution < 1.29 is 4.79 Å². The van der Waals surface area contributed by atoms with Gasteiger partial charge >= 0.3 is 0 Å². The molecule has 0 radical (unpaired) electrons. The summed E-state index contributed by atoms with van der Waals surface area (Å²) in [6, 6.07) is 8.46. The van der Waals surface area contributed by atoms with E-state index >= 15 is 0 Å². The van der Waals surface area contributed by atoms with E-state index in [-0.39, 0.29) is 17.4 Å². The molecule has 1 saturated heterocycles. The van der Waals surface area contributed by atoms with Gasteiger partial charge in [0, 0.05) is 37.9 Å². The van der Waals surface area contributed by atoms with Crippen LogP contribution in [0.15, 0.2) is 43.1 Å². The number of fused-ring (bicyclic) bond motifs is 1. The standard InChI is InChI=1S/C25H33N7OS/c1-6-22(33)32-11-9-18(15-32)28-20-12-17(14-27-16(2)25(3,4)5)13-21(30-20)31-24-29-19-8-7-10-26-23(19)34-24/h6-8,10,12-13,16,18,27H,1,9,11,14-15H2,2-5H3,(H2,28,29,30,31)/t16-,18-/m0/s1. The lowest BCUT2D eigenvalue weighted by Gasteiger charge is -2.28. The van der Waals surface area contributed by atoms with E-state index in [1.165, 1.54) is 17.4 Å². The smallest absolute Gasteiger partial charge is 0.246 e. The molecule has 180 valence electrons. The minimum absolute atomic E-state index is 0.0295. The third-order valence-electron chi connectivity index (χ3n) is 6.22. The maximum atomic E-state index is 12.0. The van der Waals surface area contributed by atoms with Gasteiger partial charge in [-0.3, -0.25) is 4.79 Å². The average Bonchev–Trinajstić information content (AvgIpc) is 3.42. The predicted molar refractivity (Wildman–Crippen MR) is 139 cm³/mol. The first kappa shape index (κ1) is 24.1. The number of pyridine rings is 2. The van der Waals surface area contributed by atoms with E-state index in [0.29, 0.717) is 12.6 Å². The van der Waals surface area contributed by atoms with Crippen molar-refractivity contribution in [3.05, 3.63) is 48.7 Å². The Labute approximate surface area is 204 Å². The Balaban J connectivity index is 1.54. The highest BCUT2D eigenvalue weighted by Gasteiger charge is 2.25. The lowest BCUT2D eigenvalue weighted by Crippen LogP contribution is -2.37. The molecule has 1 fully saturated rings. The van der Waals surface area contributed by atoms with Crippen LogP contribution < -0.4 is 16.0 Å². The van der Waals surface area contributed by atoms with E-state index < -0.39 is 0 Å². The Kier molecular flexibility index (Phi) is 7.13. The predicted octanol–water partition coefficient (Wildman–Crippen LogP) is 4.55. The van der Waals surface area contributed by atoms with Crippen molar-refractivity contribution in [2.24, 2.45) is 5.41 Å². The number of carbonyl (C=O) groups is 1. The van der Waals surface area contributed by atoms with Gasteiger partial charge in [0.1, 0.15) is 22.0 Å². The second kappa shape index (κ2) is 10.1. The van der Waals surface area contributed by atoms with Gasteiger partial charge in [-0.1, -0.05) is 38.7 Å². The second-order valence-corrected chi connectivity index (χ2v) is 10.8. The Morgan fingerprint density at radius 2 is 2.12 bits per heavy atom. The molecule has 1 amide bonds. The number of nitrogens with zero attached hydrogens (tertiary/aromatic N) is 4. The number of carbonyl (C=O) groups excluding carboxylic acids is 1. The van der Waals surface area contributed by atoms with Crippen LogP contribution in [0.2, 0.25) is 0 Å². The summed E-state index contributed by atoms with van der Waals surface area (Å²) in [6.07, 6.45) is 4.02. The van der Waals surface area contributed by atoms with Gasteiger partial charge in [-0.25, -0.2) is 15.0 Å². The maximum Gasteiger partial charge on any atom is 0.246 e. The number of rotatable bonds is 8. The minimum Gasteiger partial charge on any atom is -0.365 e. The van der Waals surface area contributed by atoms with Crippen LogP contribution in [-0.4, -0.2) is 50.9 Å². The van der Waals surface area contributed by atoms with E-state index in [1.807, 2.05) is 17.0 Å². The molecule has 2 atom stereocenters. The van der Waals surface area contributed by atoms with Gasteiger partial charge in [0.15, 0.2) is 5.13 Å². The third kappa shape index (κ3) is 5.90. The molecule has 1 aliphatic heterocycles. The third-order valence-corrected chi connectivity index (χ3v) is 7.12. The Morgan fingerprint density at radius 3 is 2.85 bits per heavy atom. The van der Waals surface area contributed by atoms with Crippen molar-refractivity contribution in [1.29, 1.82) is 0 Å². The zero-order chi connectivity index (χ0) is 24.3. The molecule has 34 heavy (non-hydrogen) atoms. The molecule has 0 bridgehead atoms. The van der Waals surface area contributed by atoms with Gasteiger partial charge in [-0.05, 0) is 54.7 Å². The molecule has 4 heterocycles. The van der Waals surface area contributed by atoms with E-state index in [9.17, 15) is 4.79 Å². The van der Waals surface area contributed by atoms with Crippen LogP contribution in [0.5, 0.6) is 0 Å². The monoisotopic (exact) mass is 479 g/mol. The van der Waals surface area contributed by atoms with Gasteiger partial charge in [-0.2, -0.15) is 0 Å². The Morgan fingerprint density at radius 1 is 1.32 bits per heavy atom. The van der Waals surface area contributed by atoms with Crippen LogP contribution in [0.4, 0.5) is 16.8 Å². The molecule has 0 aromatic carbocycles. The van der Waals surface area contributed by atoms with E-state index in [0.717, 1.165) is 52.2 Å². The van der Waals surface area contributed by atoms with Crippen molar-refractivity contribution in [1.82, 2.24) is 25.2 Å². The van der Waals surface area contributed by atoms with E-state index in [1.54, 1.807) is 6.20 Å². The van der Waals surface area contributed by atoms with Crippen LogP contribution in [0.1, 0.15) is 39.7 Å². The minimum atomic E-state index is -0.0295. The second-order valence-electron chi connectivity index (χ2n) is 9.80. The fraction of sp³-hybridized carbons (Fsp3) is 0.440. The molecule has 9 heteroatoms. The summed E-state index contributed by atoms with van der Waals surface area (Å²) in [6.45, 7) is 14.6. The maximum absolute atomic E-state index is 12.0. The first-order valence-electron chi connectivity index (χ1n) is 11.6. The summed E-state index contributed by atoms with van der Waals surface area (Å²) in [5.74, 6) is 1.47. The van der Waals surface area contributed by atoms with Crippen LogP contribution in [0.25, 0.3) is 10.3 Å². The number of anilines is 3. The van der Waals surface area contributed by atoms with Crippen molar-refractivity contribution >= 4 is 44.4 Å². The van der Waals surface area contributed by atoms with Crippen molar-refractivity contribution in [3.8, 4) is 0 Å². The number of likely N-dealkylation sites (tertiary alicyclic amines) is 1. The molecule has 3 aromatic rings. The summed E-state index contributed by atoms with van der Waals surface area (Å²) >= 11 is 1.50. The lowest BCUT2D eigenvalue weighted by molar-refractivity contribution is -0.125. The van der Waals surface area contributed by atoms with Crippen LogP contribution >= 0.6 is 11.3 Å². The number of nitrogens with one attached hydrogen (secondary N) is 3. The number of thiazole rings is 1. The summed E-state index contributed by atoms with van der Waals surface area (Å²) in [4.78, 5) is 28.5.